The van der Waals surface area contributed by atoms with E-state index in [0.29, 0.717) is 5.56 Å². The van der Waals surface area contributed by atoms with Crippen LogP contribution in [0.15, 0.2) is 60.7 Å². The van der Waals surface area contributed by atoms with Crippen molar-refractivity contribution in [1.82, 2.24) is 10.2 Å². The monoisotopic (exact) mass is 398 g/mol. The van der Waals surface area contributed by atoms with Gasteiger partial charge in [-0.25, -0.2) is 4.79 Å². The summed E-state index contributed by atoms with van der Waals surface area (Å²) < 4.78 is 5.13. The van der Waals surface area contributed by atoms with E-state index in [1.54, 1.807) is 37.3 Å². The van der Waals surface area contributed by atoms with Crippen molar-refractivity contribution in [2.75, 3.05) is 13.7 Å². The van der Waals surface area contributed by atoms with E-state index in [0.717, 1.165) is 5.56 Å². The highest BCUT2D eigenvalue weighted by Crippen LogP contribution is 2.40. The first kappa shape index (κ1) is 20.0. The number of likely N-dealkylation sites (N-methyl/N-ethyl adjacent to an activating group) is 1. The van der Waals surface area contributed by atoms with Gasteiger partial charge in [0.05, 0.1) is 12.6 Å². The van der Waals surface area contributed by atoms with Crippen LogP contribution in [0.2, 0.25) is 0 Å². The lowest BCUT2D eigenvalue weighted by Gasteiger charge is -2.49. The second-order valence-electron chi connectivity index (χ2n) is 6.55. The maximum Gasteiger partial charge on any atom is 0.360 e. The number of thiocarbonyl (C=S) groups is 1. The van der Waals surface area contributed by atoms with Crippen molar-refractivity contribution < 1.29 is 19.4 Å². The Bertz CT molecular complexity index is 874. The number of carbonyl (C=O) groups excluding carboxylic acids is 2. The largest absolute Gasteiger partial charge is 0.462 e. The van der Waals surface area contributed by atoms with E-state index < -0.39 is 23.7 Å². The van der Waals surface area contributed by atoms with E-state index >= 15 is 0 Å². The molecule has 0 amide bonds. The second kappa shape index (κ2) is 8.08. The molecule has 2 N–H and O–H groups in total. The van der Waals surface area contributed by atoms with Gasteiger partial charge in [-0.3, -0.25) is 4.79 Å². The maximum absolute atomic E-state index is 13.5. The summed E-state index contributed by atoms with van der Waals surface area (Å²) in [7, 11) is 1.47. The number of nitrogens with zero attached hydrogens (tertiary/aromatic N) is 1. The van der Waals surface area contributed by atoms with Gasteiger partial charge < -0.3 is 20.1 Å². The second-order valence-corrected chi connectivity index (χ2v) is 6.94. The van der Waals surface area contributed by atoms with Crippen molar-refractivity contribution in [2.45, 2.75) is 18.7 Å². The molecule has 28 heavy (non-hydrogen) atoms. The number of ether oxygens (including phenoxy) is 1. The quantitative estimate of drug-likeness (QED) is 0.455. The molecule has 1 fully saturated rings. The number of aliphatic hydroxyl groups is 1. The fourth-order valence-corrected chi connectivity index (χ4v) is 3.73. The Balaban J connectivity index is 2.17. The van der Waals surface area contributed by atoms with Crippen molar-refractivity contribution in [1.29, 1.82) is 0 Å². The number of benzene rings is 2. The Morgan fingerprint density at radius 2 is 1.71 bits per heavy atom. The van der Waals surface area contributed by atoms with Crippen molar-refractivity contribution >= 4 is 29.1 Å². The van der Waals surface area contributed by atoms with Crippen molar-refractivity contribution in [3.63, 3.8) is 0 Å². The average molecular weight is 398 g/mol. The number of nitrogens with one attached hydrogen (secondary N) is 1. The minimum Gasteiger partial charge on any atom is -0.462 e. The van der Waals surface area contributed by atoms with Crippen LogP contribution >= 0.6 is 12.2 Å². The first-order valence-electron chi connectivity index (χ1n) is 8.99. The summed E-state index contributed by atoms with van der Waals surface area (Å²) in [5.74, 6) is -2.46. The van der Waals surface area contributed by atoms with Gasteiger partial charge in [-0.05, 0) is 24.7 Å². The van der Waals surface area contributed by atoms with Crippen LogP contribution < -0.4 is 5.32 Å². The summed E-state index contributed by atoms with van der Waals surface area (Å²) in [6, 6.07) is 17.0. The first-order valence-corrected chi connectivity index (χ1v) is 9.40. The SMILES string of the molecule is CCOC(=O)[C@]1(O)[C@H](C(=O)c2ccccc2)[C@@H](c2ccccc2)NC(=S)N1C. The van der Waals surface area contributed by atoms with Gasteiger partial charge in [0.25, 0.3) is 5.72 Å². The fraction of sp³-hybridized carbons (Fsp3) is 0.286. The number of esters is 1. The molecule has 0 unspecified atom stereocenters. The van der Waals surface area contributed by atoms with E-state index in [4.69, 9.17) is 17.0 Å². The Morgan fingerprint density at radius 3 is 2.29 bits per heavy atom. The van der Waals surface area contributed by atoms with Crippen LogP contribution in [0.5, 0.6) is 0 Å². The Labute approximate surface area is 169 Å². The molecule has 1 aliphatic heterocycles. The first-order chi connectivity index (χ1) is 13.4. The molecule has 1 heterocycles. The predicted molar refractivity (Wildman–Crippen MR) is 109 cm³/mol. The Morgan fingerprint density at radius 1 is 1.14 bits per heavy atom. The molecule has 1 aliphatic rings. The molecule has 1 saturated heterocycles. The molecule has 0 radical (unpaired) electrons. The molecular weight excluding hydrogens is 376 g/mol. The van der Waals surface area contributed by atoms with E-state index in [2.05, 4.69) is 5.32 Å². The van der Waals surface area contributed by atoms with Crippen molar-refractivity contribution in [3.8, 4) is 0 Å². The molecule has 3 rings (SSSR count). The number of rotatable bonds is 5. The zero-order chi connectivity index (χ0) is 20.3. The van der Waals surface area contributed by atoms with Crippen molar-refractivity contribution in [2.24, 2.45) is 5.92 Å². The van der Waals surface area contributed by atoms with E-state index in [1.165, 1.54) is 11.9 Å². The minimum absolute atomic E-state index is 0.0669. The van der Waals surface area contributed by atoms with Gasteiger partial charge in [-0.1, -0.05) is 60.7 Å². The topological polar surface area (TPSA) is 78.9 Å². The number of hydrogen-bond donors (Lipinski definition) is 2. The smallest absolute Gasteiger partial charge is 0.360 e. The van der Waals surface area contributed by atoms with E-state index in [9.17, 15) is 14.7 Å². The van der Waals surface area contributed by atoms with E-state index in [-0.39, 0.29) is 17.5 Å². The maximum atomic E-state index is 13.5. The number of Topliss-reactive ketones (excluding diaryl/α,β-unsaturated/α-hetero) is 1. The highest BCUT2D eigenvalue weighted by Gasteiger charge is 2.59. The molecule has 2 aromatic rings. The summed E-state index contributed by atoms with van der Waals surface area (Å²) in [5.41, 5.74) is -1.12. The van der Waals surface area contributed by atoms with Crippen molar-refractivity contribution in [3.05, 3.63) is 71.8 Å². The molecule has 0 saturated carbocycles. The van der Waals surface area contributed by atoms with Gasteiger partial charge in [0.2, 0.25) is 0 Å². The van der Waals surface area contributed by atoms with Gasteiger partial charge in [0.1, 0.15) is 5.92 Å². The molecule has 0 bridgehead atoms. The zero-order valence-electron chi connectivity index (χ0n) is 15.7. The molecule has 0 spiro atoms. The molecule has 0 aliphatic carbocycles. The molecule has 146 valence electrons. The van der Waals surface area contributed by atoms with Crippen LogP contribution in [0.25, 0.3) is 0 Å². The highest BCUT2D eigenvalue weighted by atomic mass is 32.1. The standard InChI is InChI=1S/C21H22N2O4S/c1-3-27-19(25)21(26)16(18(24)15-12-8-5-9-13-15)17(22-20(28)23(21)2)14-10-6-4-7-11-14/h4-13,16-17,26H,3H2,1-2H3,(H,22,28)/t16-,17+,21+/m0/s1. The van der Waals surface area contributed by atoms with Gasteiger partial charge in [0.15, 0.2) is 10.9 Å². The third-order valence-corrected chi connectivity index (χ3v) is 5.33. The molecule has 2 aromatic carbocycles. The third-order valence-electron chi connectivity index (χ3n) is 4.94. The summed E-state index contributed by atoms with van der Waals surface area (Å²) in [6.45, 7) is 1.71. The van der Waals surface area contributed by atoms with Gasteiger partial charge in [-0.15, -0.1) is 0 Å². The molecular formula is C21H22N2O4S. The number of hydrogen-bond acceptors (Lipinski definition) is 5. The average Bonchev–Trinajstić information content (AvgIpc) is 2.72. The molecule has 0 aromatic heterocycles. The minimum atomic E-state index is -2.24. The summed E-state index contributed by atoms with van der Waals surface area (Å²) in [5, 5.41) is 14.8. The molecule has 7 heteroatoms. The van der Waals surface area contributed by atoms with Crippen LogP contribution in [0.3, 0.4) is 0 Å². The van der Waals surface area contributed by atoms with Crippen LogP contribution in [0, 0.1) is 5.92 Å². The lowest BCUT2D eigenvalue weighted by molar-refractivity contribution is -0.191. The van der Waals surface area contributed by atoms with Gasteiger partial charge in [0, 0.05) is 12.6 Å². The van der Waals surface area contributed by atoms with Crippen LogP contribution in [-0.2, 0) is 9.53 Å². The van der Waals surface area contributed by atoms with Gasteiger partial charge >= 0.3 is 5.97 Å². The highest BCUT2D eigenvalue weighted by molar-refractivity contribution is 7.80. The molecule has 3 atom stereocenters. The predicted octanol–water partition coefficient (Wildman–Crippen LogP) is 2.30. The van der Waals surface area contributed by atoms with E-state index in [1.807, 2.05) is 30.3 Å². The van der Waals surface area contributed by atoms with Gasteiger partial charge in [-0.2, -0.15) is 0 Å². The number of ketones is 1. The third kappa shape index (κ3) is 3.39. The van der Waals surface area contributed by atoms with Crippen LogP contribution in [0.4, 0.5) is 0 Å². The van der Waals surface area contributed by atoms with Crippen LogP contribution in [-0.4, -0.2) is 46.3 Å². The molecule has 6 nitrogen and oxygen atoms in total. The summed E-state index contributed by atoms with van der Waals surface area (Å²) in [6.07, 6.45) is 0. The number of carbonyl (C=O) groups is 2. The fourth-order valence-electron chi connectivity index (χ4n) is 3.46. The zero-order valence-corrected chi connectivity index (χ0v) is 16.5. The lowest BCUT2D eigenvalue weighted by Crippen LogP contribution is -2.70. The van der Waals surface area contributed by atoms with Crippen LogP contribution in [0.1, 0.15) is 28.9 Å². The summed E-state index contributed by atoms with van der Waals surface area (Å²) >= 11 is 5.35. The lowest BCUT2D eigenvalue weighted by atomic mass is 9.77. The normalized spacial score (nSPS) is 24.4. The summed E-state index contributed by atoms with van der Waals surface area (Å²) in [4.78, 5) is 27.5. The Hall–Kier alpha value is -2.77. The Kier molecular flexibility index (Phi) is 5.76.